The Balaban J connectivity index is 2.28. The van der Waals surface area contributed by atoms with E-state index in [2.05, 4.69) is 48.8 Å². The third-order valence-electron chi connectivity index (χ3n) is 5.77. The molecule has 2 aliphatic carbocycles. The van der Waals surface area contributed by atoms with E-state index in [0.717, 1.165) is 12.0 Å². The molecule has 0 fully saturated rings. The normalized spacial score (nSPS) is 35.9. The van der Waals surface area contributed by atoms with Gasteiger partial charge >= 0.3 is 0 Å². The summed E-state index contributed by atoms with van der Waals surface area (Å²) in [5.41, 5.74) is 4.50. The Kier molecular flexibility index (Phi) is 2.77. The van der Waals surface area contributed by atoms with E-state index >= 15 is 0 Å². The topological polar surface area (TPSA) is 20.2 Å². The predicted octanol–water partition coefficient (Wildman–Crippen LogP) is 4.22. The van der Waals surface area contributed by atoms with Gasteiger partial charge in [-0.2, -0.15) is 0 Å². The van der Waals surface area contributed by atoms with Crippen LogP contribution in [0.1, 0.15) is 62.8 Å². The van der Waals surface area contributed by atoms with Crippen molar-refractivity contribution < 1.29 is 5.11 Å². The fourth-order valence-corrected chi connectivity index (χ4v) is 4.25. The molecule has 0 spiro atoms. The Hall–Kier alpha value is -0.340. The monoisotopic (exact) mass is 322 g/mol. The summed E-state index contributed by atoms with van der Waals surface area (Å²) in [4.78, 5) is 0. The quantitative estimate of drug-likeness (QED) is 0.709. The van der Waals surface area contributed by atoms with Crippen molar-refractivity contribution >= 4 is 15.9 Å². The fourth-order valence-electron chi connectivity index (χ4n) is 3.82. The summed E-state index contributed by atoms with van der Waals surface area (Å²) in [7, 11) is 0. The third kappa shape index (κ3) is 1.56. The molecule has 1 N–H and O–H groups in total. The highest BCUT2D eigenvalue weighted by Gasteiger charge is 2.60. The van der Waals surface area contributed by atoms with Gasteiger partial charge in [0.25, 0.3) is 0 Å². The van der Waals surface area contributed by atoms with Gasteiger partial charge in [0.15, 0.2) is 0 Å². The molecule has 0 aromatic heterocycles. The standard InChI is InChI=1S/C17H23BrO/c1-15(2)13-9-11-7-5-6-8-12(11)10-14(13)16(3,19)17(15,4)18/h9-10,19H,5-8H2,1-4H3. The summed E-state index contributed by atoms with van der Waals surface area (Å²) >= 11 is 3.82. The number of alkyl halides is 1. The molecule has 2 heteroatoms. The molecule has 1 aromatic rings. The van der Waals surface area contributed by atoms with Gasteiger partial charge in [0.2, 0.25) is 0 Å². The molecule has 2 unspecified atom stereocenters. The van der Waals surface area contributed by atoms with Crippen LogP contribution in [0.15, 0.2) is 12.1 Å². The first-order valence-electron chi connectivity index (χ1n) is 7.27. The summed E-state index contributed by atoms with van der Waals surface area (Å²) < 4.78 is -0.334. The lowest BCUT2D eigenvalue weighted by Crippen LogP contribution is -2.47. The summed E-state index contributed by atoms with van der Waals surface area (Å²) in [6.07, 6.45) is 4.94. The zero-order chi connectivity index (χ0) is 14.1. The molecular weight excluding hydrogens is 300 g/mol. The fraction of sp³-hybridized carbons (Fsp3) is 0.647. The van der Waals surface area contributed by atoms with Crippen molar-refractivity contribution in [3.63, 3.8) is 0 Å². The van der Waals surface area contributed by atoms with Crippen molar-refractivity contribution in [2.24, 2.45) is 0 Å². The largest absolute Gasteiger partial charge is 0.384 e. The molecule has 0 radical (unpaired) electrons. The molecule has 1 aromatic carbocycles. The number of benzene rings is 1. The van der Waals surface area contributed by atoms with E-state index in [0.29, 0.717) is 0 Å². The van der Waals surface area contributed by atoms with Crippen LogP contribution >= 0.6 is 15.9 Å². The van der Waals surface area contributed by atoms with Crippen LogP contribution < -0.4 is 0 Å². The molecule has 1 nitrogen and oxygen atoms in total. The number of hydrogen-bond donors (Lipinski definition) is 1. The number of aliphatic hydroxyl groups is 1. The molecule has 0 saturated carbocycles. The van der Waals surface area contributed by atoms with Crippen molar-refractivity contribution in [3.05, 3.63) is 34.4 Å². The van der Waals surface area contributed by atoms with Crippen LogP contribution in [0, 0.1) is 0 Å². The zero-order valence-electron chi connectivity index (χ0n) is 12.3. The van der Waals surface area contributed by atoms with E-state index in [1.807, 2.05) is 6.92 Å². The first-order valence-corrected chi connectivity index (χ1v) is 8.07. The lowest BCUT2D eigenvalue weighted by molar-refractivity contribution is 0.0165. The lowest BCUT2D eigenvalue weighted by atomic mass is 9.75. The molecular formula is C17H23BrO. The van der Waals surface area contributed by atoms with Gasteiger partial charge in [-0.25, -0.2) is 0 Å². The highest BCUT2D eigenvalue weighted by Crippen LogP contribution is 2.60. The molecule has 2 atom stereocenters. The maximum Gasteiger partial charge on any atom is 0.103 e. The van der Waals surface area contributed by atoms with Gasteiger partial charge in [0.05, 0.1) is 4.32 Å². The summed E-state index contributed by atoms with van der Waals surface area (Å²) in [6.45, 7) is 8.53. The highest BCUT2D eigenvalue weighted by molar-refractivity contribution is 9.10. The van der Waals surface area contributed by atoms with Crippen LogP contribution in [0.3, 0.4) is 0 Å². The van der Waals surface area contributed by atoms with Crippen LogP contribution in [0.4, 0.5) is 0 Å². The molecule has 0 saturated heterocycles. The Morgan fingerprint density at radius 3 is 1.95 bits per heavy atom. The zero-order valence-corrected chi connectivity index (χ0v) is 13.9. The second kappa shape index (κ2) is 3.85. The van der Waals surface area contributed by atoms with Gasteiger partial charge in [-0.3, -0.25) is 0 Å². The van der Waals surface area contributed by atoms with E-state index < -0.39 is 5.60 Å². The number of aryl methyl sites for hydroxylation is 2. The average Bonchev–Trinajstić information content (AvgIpc) is 2.45. The number of halogens is 1. The minimum atomic E-state index is -0.821. The molecule has 19 heavy (non-hydrogen) atoms. The molecule has 0 aliphatic heterocycles. The number of fused-ring (bicyclic) bond motifs is 2. The van der Waals surface area contributed by atoms with Crippen LogP contribution in [0.25, 0.3) is 0 Å². The molecule has 0 bridgehead atoms. The average molecular weight is 323 g/mol. The van der Waals surface area contributed by atoms with Gasteiger partial charge in [0, 0.05) is 5.41 Å². The van der Waals surface area contributed by atoms with E-state index in [1.54, 1.807) is 0 Å². The van der Waals surface area contributed by atoms with Gasteiger partial charge in [-0.15, -0.1) is 0 Å². The second-order valence-electron chi connectivity index (χ2n) is 7.07. The van der Waals surface area contributed by atoms with Gasteiger partial charge in [0.1, 0.15) is 5.60 Å². The lowest BCUT2D eigenvalue weighted by Gasteiger charge is -2.41. The summed E-state index contributed by atoms with van der Waals surface area (Å²) in [5.74, 6) is 0. The SMILES string of the molecule is CC1(C)c2cc3c(cc2C(C)(O)C1(C)Br)CCCC3. The van der Waals surface area contributed by atoms with Crippen LogP contribution in [-0.2, 0) is 23.9 Å². The van der Waals surface area contributed by atoms with Crippen LogP contribution in [0.2, 0.25) is 0 Å². The van der Waals surface area contributed by atoms with E-state index in [4.69, 9.17) is 0 Å². The van der Waals surface area contributed by atoms with Gasteiger partial charge in [-0.05, 0) is 61.8 Å². The Labute approximate surface area is 124 Å². The van der Waals surface area contributed by atoms with Crippen molar-refractivity contribution in [3.8, 4) is 0 Å². The van der Waals surface area contributed by atoms with Crippen molar-refractivity contribution in [2.75, 3.05) is 0 Å². The second-order valence-corrected chi connectivity index (χ2v) is 8.66. The number of rotatable bonds is 0. The first kappa shape index (κ1) is 13.6. The van der Waals surface area contributed by atoms with E-state index in [9.17, 15) is 5.11 Å². The third-order valence-corrected chi connectivity index (χ3v) is 7.53. The minimum absolute atomic E-state index is 0.0711. The predicted molar refractivity (Wildman–Crippen MR) is 83.0 cm³/mol. The minimum Gasteiger partial charge on any atom is -0.384 e. The van der Waals surface area contributed by atoms with Crippen molar-refractivity contribution in [1.82, 2.24) is 0 Å². The van der Waals surface area contributed by atoms with E-state index in [1.165, 1.54) is 36.0 Å². The molecule has 0 amide bonds. The maximum absolute atomic E-state index is 11.1. The summed E-state index contributed by atoms with van der Waals surface area (Å²) in [5, 5.41) is 11.1. The van der Waals surface area contributed by atoms with Crippen molar-refractivity contribution in [1.29, 1.82) is 0 Å². The Morgan fingerprint density at radius 1 is 0.947 bits per heavy atom. The maximum atomic E-state index is 11.1. The van der Waals surface area contributed by atoms with Gasteiger partial charge in [-0.1, -0.05) is 41.9 Å². The number of hydrogen-bond acceptors (Lipinski definition) is 1. The molecule has 2 aliphatic rings. The van der Waals surface area contributed by atoms with Gasteiger partial charge < -0.3 is 5.11 Å². The Morgan fingerprint density at radius 2 is 1.42 bits per heavy atom. The van der Waals surface area contributed by atoms with E-state index in [-0.39, 0.29) is 9.74 Å². The smallest absolute Gasteiger partial charge is 0.103 e. The molecule has 104 valence electrons. The van der Waals surface area contributed by atoms with Crippen LogP contribution in [0.5, 0.6) is 0 Å². The Bertz CT molecular complexity index is 493. The molecule has 0 heterocycles. The van der Waals surface area contributed by atoms with Crippen LogP contribution in [-0.4, -0.2) is 9.43 Å². The first-order chi connectivity index (χ1) is 8.69. The molecule has 3 rings (SSSR count). The van der Waals surface area contributed by atoms with Crippen molar-refractivity contribution in [2.45, 2.75) is 68.7 Å². The highest BCUT2D eigenvalue weighted by atomic mass is 79.9. The summed E-state index contributed by atoms with van der Waals surface area (Å²) in [6, 6.07) is 4.64.